The molecule has 1 heterocycles. The molecule has 0 spiro atoms. The van der Waals surface area contributed by atoms with Crippen LogP contribution >= 0.6 is 0 Å². The molecule has 9 heteroatoms. The molecule has 0 saturated heterocycles. The molecule has 19 heavy (non-hydrogen) atoms. The van der Waals surface area contributed by atoms with Gasteiger partial charge in [0.2, 0.25) is 17.8 Å². The molecule has 0 unspecified atom stereocenters. The number of nitrogen functional groups attached to an aromatic ring is 1. The number of anilines is 2. The highest BCUT2D eigenvalue weighted by atomic mass is 16.5. The molecule has 1 rings (SSSR count). The van der Waals surface area contributed by atoms with Crippen molar-refractivity contribution in [2.75, 3.05) is 37.1 Å². The Morgan fingerprint density at radius 3 is 2.63 bits per heavy atom. The van der Waals surface area contributed by atoms with Crippen molar-refractivity contribution < 1.29 is 9.53 Å². The third-order valence-corrected chi connectivity index (χ3v) is 2.28. The summed E-state index contributed by atoms with van der Waals surface area (Å²) in [5.41, 5.74) is 2.34. The van der Waals surface area contributed by atoms with Gasteiger partial charge in [0.05, 0.1) is 13.2 Å². The number of nitrogens with two attached hydrogens (primary N) is 1. The van der Waals surface area contributed by atoms with Crippen molar-refractivity contribution in [2.45, 2.75) is 13.8 Å². The summed E-state index contributed by atoms with van der Waals surface area (Å²) in [4.78, 5) is 25.3. The maximum absolute atomic E-state index is 11.4. The van der Waals surface area contributed by atoms with Gasteiger partial charge in [0.1, 0.15) is 0 Å². The number of amides is 1. The summed E-state index contributed by atoms with van der Waals surface area (Å²) in [6.07, 6.45) is 0. The van der Waals surface area contributed by atoms with Crippen LogP contribution in [0.2, 0.25) is 0 Å². The molecule has 0 fully saturated rings. The minimum absolute atomic E-state index is 0.137. The number of aromatic nitrogens is 3. The van der Waals surface area contributed by atoms with Crippen molar-refractivity contribution in [3.8, 4) is 6.01 Å². The lowest BCUT2D eigenvalue weighted by atomic mass is 10.5. The van der Waals surface area contributed by atoms with E-state index in [0.717, 1.165) is 0 Å². The molecule has 0 aromatic carbocycles. The van der Waals surface area contributed by atoms with Crippen LogP contribution < -0.4 is 26.2 Å². The maximum atomic E-state index is 11.4. The molecule has 4 N–H and O–H groups in total. The molecule has 1 aromatic heterocycles. The quantitative estimate of drug-likeness (QED) is 0.432. The van der Waals surface area contributed by atoms with Crippen LogP contribution in [-0.2, 0) is 4.79 Å². The van der Waals surface area contributed by atoms with E-state index < -0.39 is 0 Å². The molecule has 106 valence electrons. The van der Waals surface area contributed by atoms with E-state index in [1.807, 2.05) is 13.8 Å². The average Bonchev–Trinajstić information content (AvgIpc) is 2.44. The van der Waals surface area contributed by atoms with Gasteiger partial charge in [-0.15, -0.1) is 0 Å². The molecule has 1 aromatic rings. The molecule has 9 nitrogen and oxygen atoms in total. The van der Waals surface area contributed by atoms with Gasteiger partial charge in [-0.3, -0.25) is 10.2 Å². The van der Waals surface area contributed by atoms with Gasteiger partial charge in [-0.1, -0.05) is 0 Å². The third kappa shape index (κ3) is 4.21. The van der Waals surface area contributed by atoms with E-state index >= 15 is 0 Å². The standard InChI is InChI=1S/C10H19N7O2/c1-4-17(6-7(18)12-3)9-13-8(16-11)14-10(15-9)19-5-2/h4-6,11H2,1-3H3,(H,12,18)(H,13,14,15,16). The van der Waals surface area contributed by atoms with Crippen LogP contribution in [0, 0.1) is 0 Å². The van der Waals surface area contributed by atoms with Gasteiger partial charge in [-0.25, -0.2) is 5.84 Å². The smallest absolute Gasteiger partial charge is 0.323 e. The minimum atomic E-state index is -0.137. The van der Waals surface area contributed by atoms with Crippen molar-refractivity contribution in [1.82, 2.24) is 20.3 Å². The Labute approximate surface area is 111 Å². The Kier molecular flexibility index (Phi) is 5.73. The number of rotatable bonds is 7. The van der Waals surface area contributed by atoms with Gasteiger partial charge in [0, 0.05) is 13.6 Å². The second-order valence-electron chi connectivity index (χ2n) is 3.51. The first-order valence-corrected chi connectivity index (χ1v) is 5.95. The van der Waals surface area contributed by atoms with Crippen LogP contribution in [0.3, 0.4) is 0 Å². The SMILES string of the molecule is CCOc1nc(NN)nc(N(CC)CC(=O)NC)n1. The van der Waals surface area contributed by atoms with Crippen molar-refractivity contribution in [2.24, 2.45) is 5.84 Å². The fourth-order valence-electron chi connectivity index (χ4n) is 1.32. The number of hydrazine groups is 1. The number of hydrogen-bond donors (Lipinski definition) is 3. The molecule has 0 atom stereocenters. The molecule has 0 radical (unpaired) electrons. The minimum Gasteiger partial charge on any atom is -0.464 e. The van der Waals surface area contributed by atoms with Crippen LogP contribution in [0.1, 0.15) is 13.8 Å². The zero-order valence-electron chi connectivity index (χ0n) is 11.3. The summed E-state index contributed by atoms with van der Waals surface area (Å²) in [7, 11) is 1.57. The van der Waals surface area contributed by atoms with Gasteiger partial charge < -0.3 is 15.0 Å². The first-order chi connectivity index (χ1) is 9.14. The predicted molar refractivity (Wildman–Crippen MR) is 70.8 cm³/mol. The molecule has 0 aliphatic rings. The zero-order chi connectivity index (χ0) is 14.3. The van der Waals surface area contributed by atoms with Crippen LogP contribution in [0.5, 0.6) is 6.01 Å². The molecule has 0 bridgehead atoms. The number of ether oxygens (including phenoxy) is 1. The van der Waals surface area contributed by atoms with Gasteiger partial charge >= 0.3 is 6.01 Å². The summed E-state index contributed by atoms with van der Waals surface area (Å²) >= 11 is 0. The summed E-state index contributed by atoms with van der Waals surface area (Å²) in [6.45, 7) is 4.85. The fourth-order valence-corrected chi connectivity index (χ4v) is 1.32. The summed E-state index contributed by atoms with van der Waals surface area (Å²) in [5, 5.41) is 2.54. The van der Waals surface area contributed by atoms with E-state index in [4.69, 9.17) is 10.6 Å². The second-order valence-corrected chi connectivity index (χ2v) is 3.51. The molecular formula is C10H19N7O2. The topological polar surface area (TPSA) is 118 Å². The highest BCUT2D eigenvalue weighted by Gasteiger charge is 2.15. The Balaban J connectivity index is 3.00. The van der Waals surface area contributed by atoms with Crippen molar-refractivity contribution in [3.63, 3.8) is 0 Å². The van der Waals surface area contributed by atoms with Crippen molar-refractivity contribution >= 4 is 17.8 Å². The Morgan fingerprint density at radius 1 is 1.37 bits per heavy atom. The van der Waals surface area contributed by atoms with E-state index in [-0.39, 0.29) is 24.4 Å². The highest BCUT2D eigenvalue weighted by molar-refractivity contribution is 5.80. The Morgan fingerprint density at radius 2 is 2.11 bits per heavy atom. The fraction of sp³-hybridized carbons (Fsp3) is 0.600. The number of carbonyl (C=O) groups excluding carboxylic acids is 1. The molecule has 0 aliphatic carbocycles. The van der Waals surface area contributed by atoms with E-state index in [9.17, 15) is 4.79 Å². The predicted octanol–water partition coefficient (Wildman–Crippen LogP) is -0.872. The van der Waals surface area contributed by atoms with E-state index in [0.29, 0.717) is 19.1 Å². The molecule has 0 saturated carbocycles. The van der Waals surface area contributed by atoms with Gasteiger partial charge in [-0.05, 0) is 13.8 Å². The Hall–Kier alpha value is -2.16. The van der Waals surface area contributed by atoms with Crippen molar-refractivity contribution in [1.29, 1.82) is 0 Å². The lowest BCUT2D eigenvalue weighted by molar-refractivity contribution is -0.119. The van der Waals surface area contributed by atoms with Crippen LogP contribution in [0.4, 0.5) is 11.9 Å². The van der Waals surface area contributed by atoms with Gasteiger partial charge in [0.15, 0.2) is 0 Å². The number of likely N-dealkylation sites (N-methyl/N-ethyl adjacent to an activating group) is 2. The molecule has 0 aliphatic heterocycles. The third-order valence-electron chi connectivity index (χ3n) is 2.28. The summed E-state index contributed by atoms with van der Waals surface area (Å²) < 4.78 is 5.23. The number of carbonyl (C=O) groups is 1. The van der Waals surface area contributed by atoms with E-state index in [1.54, 1.807) is 11.9 Å². The van der Waals surface area contributed by atoms with Gasteiger partial charge in [0.25, 0.3) is 0 Å². The largest absolute Gasteiger partial charge is 0.464 e. The highest BCUT2D eigenvalue weighted by Crippen LogP contribution is 2.14. The maximum Gasteiger partial charge on any atom is 0.323 e. The summed E-state index contributed by atoms with van der Waals surface area (Å²) in [5.74, 6) is 5.68. The number of hydrogen-bond acceptors (Lipinski definition) is 8. The van der Waals surface area contributed by atoms with Gasteiger partial charge in [-0.2, -0.15) is 15.0 Å². The zero-order valence-corrected chi connectivity index (χ0v) is 11.3. The van der Waals surface area contributed by atoms with Crippen LogP contribution in [-0.4, -0.2) is 47.6 Å². The number of nitrogens with one attached hydrogen (secondary N) is 2. The first-order valence-electron chi connectivity index (χ1n) is 5.95. The normalized spacial score (nSPS) is 9.89. The van der Waals surface area contributed by atoms with Crippen LogP contribution in [0.15, 0.2) is 0 Å². The number of nitrogens with zero attached hydrogens (tertiary/aromatic N) is 4. The Bertz CT molecular complexity index is 426. The van der Waals surface area contributed by atoms with Crippen molar-refractivity contribution in [3.05, 3.63) is 0 Å². The van der Waals surface area contributed by atoms with E-state index in [2.05, 4.69) is 25.7 Å². The summed E-state index contributed by atoms with van der Waals surface area (Å²) in [6, 6.07) is 0.163. The first kappa shape index (κ1) is 14.9. The molecular weight excluding hydrogens is 250 g/mol. The lowest BCUT2D eigenvalue weighted by Crippen LogP contribution is -2.36. The van der Waals surface area contributed by atoms with Crippen LogP contribution in [0.25, 0.3) is 0 Å². The van der Waals surface area contributed by atoms with E-state index in [1.165, 1.54) is 0 Å². The monoisotopic (exact) mass is 269 g/mol. The lowest BCUT2D eigenvalue weighted by Gasteiger charge is -2.20. The second kappa shape index (κ2) is 7.31. The average molecular weight is 269 g/mol. The molecule has 1 amide bonds.